The van der Waals surface area contributed by atoms with Crippen molar-refractivity contribution in [2.75, 3.05) is 0 Å². The van der Waals surface area contributed by atoms with E-state index in [9.17, 15) is 13.2 Å². The second-order valence-electron chi connectivity index (χ2n) is 6.27. The largest absolute Gasteiger partial charge is 0.349 e. The summed E-state index contributed by atoms with van der Waals surface area (Å²) in [7, 11) is -3.72. The maximum atomic E-state index is 12.2. The van der Waals surface area contributed by atoms with Gasteiger partial charge in [-0.25, -0.2) is 13.6 Å². The van der Waals surface area contributed by atoms with Crippen molar-refractivity contribution < 1.29 is 13.2 Å². The number of rotatable bonds is 4. The zero-order valence-corrected chi connectivity index (χ0v) is 12.8. The van der Waals surface area contributed by atoms with Crippen molar-refractivity contribution in [3.8, 4) is 0 Å². The summed E-state index contributed by atoms with van der Waals surface area (Å²) in [6.07, 6.45) is 3.29. The summed E-state index contributed by atoms with van der Waals surface area (Å²) in [5, 5.41) is 8.11. The van der Waals surface area contributed by atoms with Gasteiger partial charge in [-0.1, -0.05) is 12.1 Å². The summed E-state index contributed by atoms with van der Waals surface area (Å²) in [5.74, 6) is 1.73. The van der Waals surface area contributed by atoms with Crippen LogP contribution in [0.1, 0.15) is 37.8 Å². The second-order valence-corrected chi connectivity index (χ2v) is 7.83. The van der Waals surface area contributed by atoms with E-state index < -0.39 is 10.0 Å². The first-order valence-corrected chi connectivity index (χ1v) is 8.82. The normalized spacial score (nSPS) is 28.8. The summed E-state index contributed by atoms with van der Waals surface area (Å²) >= 11 is 0. The number of sulfonamides is 1. The van der Waals surface area contributed by atoms with Crippen LogP contribution in [-0.4, -0.2) is 14.3 Å². The van der Waals surface area contributed by atoms with Crippen LogP contribution < -0.4 is 10.5 Å². The standard InChI is InChI=1S/C15H20N2O3S/c1-9(10-3-2-4-14(8-10)21(16,19)20)17-15(18)13-6-11-5-12(11)7-13/h2-4,8-9,11-13H,5-7H2,1H3,(H,17,18)(H2,16,19,20). The first kappa shape index (κ1) is 14.5. The van der Waals surface area contributed by atoms with E-state index in [1.807, 2.05) is 6.92 Å². The van der Waals surface area contributed by atoms with Gasteiger partial charge in [-0.15, -0.1) is 0 Å². The Kier molecular flexibility index (Phi) is 3.53. The van der Waals surface area contributed by atoms with E-state index in [0.29, 0.717) is 0 Å². The van der Waals surface area contributed by atoms with Gasteiger partial charge in [-0.05, 0) is 55.7 Å². The van der Waals surface area contributed by atoms with E-state index in [-0.39, 0.29) is 22.8 Å². The van der Waals surface area contributed by atoms with Crippen molar-refractivity contribution in [1.82, 2.24) is 5.32 Å². The van der Waals surface area contributed by atoms with E-state index in [1.165, 1.54) is 18.6 Å². The van der Waals surface area contributed by atoms with Crippen molar-refractivity contribution >= 4 is 15.9 Å². The molecule has 2 aliphatic carbocycles. The summed E-state index contributed by atoms with van der Waals surface area (Å²) in [6, 6.07) is 6.19. The van der Waals surface area contributed by atoms with Gasteiger partial charge in [0.05, 0.1) is 10.9 Å². The van der Waals surface area contributed by atoms with Crippen LogP contribution in [-0.2, 0) is 14.8 Å². The zero-order chi connectivity index (χ0) is 15.2. The van der Waals surface area contributed by atoms with Gasteiger partial charge in [0.2, 0.25) is 15.9 Å². The molecule has 0 aliphatic heterocycles. The Morgan fingerprint density at radius 2 is 1.95 bits per heavy atom. The van der Waals surface area contributed by atoms with Crippen LogP contribution in [0.2, 0.25) is 0 Å². The average molecular weight is 308 g/mol. The molecule has 0 spiro atoms. The number of nitrogens with two attached hydrogens (primary N) is 1. The van der Waals surface area contributed by atoms with Gasteiger partial charge in [0.1, 0.15) is 0 Å². The van der Waals surface area contributed by atoms with Gasteiger partial charge in [0.25, 0.3) is 0 Å². The Balaban J connectivity index is 1.67. The number of benzene rings is 1. The highest BCUT2D eigenvalue weighted by Crippen LogP contribution is 2.54. The highest BCUT2D eigenvalue weighted by molar-refractivity contribution is 7.89. The van der Waals surface area contributed by atoms with Gasteiger partial charge in [0.15, 0.2) is 0 Å². The Morgan fingerprint density at radius 1 is 1.29 bits per heavy atom. The van der Waals surface area contributed by atoms with Crippen LogP contribution in [0, 0.1) is 17.8 Å². The second kappa shape index (κ2) is 5.10. The molecule has 5 nitrogen and oxygen atoms in total. The molecule has 3 rings (SSSR count). The molecule has 6 heteroatoms. The molecule has 1 amide bonds. The molecule has 0 saturated heterocycles. The number of fused-ring (bicyclic) bond motifs is 1. The fourth-order valence-corrected chi connectivity index (χ4v) is 3.87. The summed E-state index contributed by atoms with van der Waals surface area (Å²) in [6.45, 7) is 1.86. The third-order valence-corrected chi connectivity index (χ3v) is 5.57. The van der Waals surface area contributed by atoms with Crippen LogP contribution in [0.15, 0.2) is 29.2 Å². The molecule has 21 heavy (non-hydrogen) atoms. The van der Waals surface area contributed by atoms with Crippen LogP contribution in [0.3, 0.4) is 0 Å². The first-order chi connectivity index (χ1) is 9.84. The highest BCUT2D eigenvalue weighted by atomic mass is 32.2. The number of primary sulfonamides is 1. The number of carbonyl (C=O) groups is 1. The summed E-state index contributed by atoms with van der Waals surface area (Å²) in [5.41, 5.74) is 0.748. The molecular weight excluding hydrogens is 288 g/mol. The monoisotopic (exact) mass is 308 g/mol. The minimum atomic E-state index is -3.72. The molecule has 1 aromatic rings. The molecule has 0 aromatic heterocycles. The van der Waals surface area contributed by atoms with E-state index in [4.69, 9.17) is 5.14 Å². The van der Waals surface area contributed by atoms with Gasteiger partial charge >= 0.3 is 0 Å². The minimum Gasteiger partial charge on any atom is -0.349 e. The SMILES string of the molecule is CC(NC(=O)C1CC2CC2C1)c1cccc(S(N)(=O)=O)c1. The predicted molar refractivity (Wildman–Crippen MR) is 78.7 cm³/mol. The molecule has 2 aliphatic rings. The highest BCUT2D eigenvalue weighted by Gasteiger charge is 2.48. The van der Waals surface area contributed by atoms with Crippen molar-refractivity contribution in [3.63, 3.8) is 0 Å². The molecule has 114 valence electrons. The zero-order valence-electron chi connectivity index (χ0n) is 12.0. The third kappa shape index (κ3) is 3.11. The number of carbonyl (C=O) groups excluding carboxylic acids is 1. The summed E-state index contributed by atoms with van der Waals surface area (Å²) < 4.78 is 22.7. The predicted octanol–water partition coefficient (Wildman–Crippen LogP) is 1.56. The lowest BCUT2D eigenvalue weighted by Gasteiger charge is -2.18. The lowest BCUT2D eigenvalue weighted by Crippen LogP contribution is -2.32. The first-order valence-electron chi connectivity index (χ1n) is 7.27. The molecule has 2 fully saturated rings. The fourth-order valence-electron chi connectivity index (χ4n) is 3.30. The Hall–Kier alpha value is -1.40. The fraction of sp³-hybridized carbons (Fsp3) is 0.533. The lowest BCUT2D eigenvalue weighted by molar-refractivity contribution is -0.125. The van der Waals surface area contributed by atoms with Crippen molar-refractivity contribution in [2.24, 2.45) is 22.9 Å². The smallest absolute Gasteiger partial charge is 0.238 e. The molecule has 3 atom stereocenters. The molecule has 0 bridgehead atoms. The number of hydrogen-bond donors (Lipinski definition) is 2. The topological polar surface area (TPSA) is 89.3 Å². The maximum absolute atomic E-state index is 12.2. The van der Waals surface area contributed by atoms with Crippen LogP contribution >= 0.6 is 0 Å². The maximum Gasteiger partial charge on any atom is 0.238 e. The molecule has 0 radical (unpaired) electrons. The van der Waals surface area contributed by atoms with Crippen LogP contribution in [0.25, 0.3) is 0 Å². The van der Waals surface area contributed by atoms with Crippen LogP contribution in [0.4, 0.5) is 0 Å². The number of hydrogen-bond acceptors (Lipinski definition) is 3. The van der Waals surface area contributed by atoms with Crippen molar-refractivity contribution in [3.05, 3.63) is 29.8 Å². The van der Waals surface area contributed by atoms with Crippen LogP contribution in [0.5, 0.6) is 0 Å². The van der Waals surface area contributed by atoms with Gasteiger partial charge in [0, 0.05) is 5.92 Å². The van der Waals surface area contributed by atoms with E-state index in [2.05, 4.69) is 5.32 Å². The number of nitrogens with one attached hydrogen (secondary N) is 1. The molecule has 0 heterocycles. The lowest BCUT2D eigenvalue weighted by atomic mass is 10.0. The minimum absolute atomic E-state index is 0.0724. The van der Waals surface area contributed by atoms with E-state index in [0.717, 1.165) is 30.2 Å². The van der Waals surface area contributed by atoms with Gasteiger partial charge in [-0.3, -0.25) is 4.79 Å². The molecule has 3 N–H and O–H groups in total. The Bertz CT molecular complexity index is 661. The summed E-state index contributed by atoms with van der Waals surface area (Å²) in [4.78, 5) is 12.3. The molecular formula is C15H20N2O3S. The van der Waals surface area contributed by atoms with E-state index in [1.54, 1.807) is 12.1 Å². The third-order valence-electron chi connectivity index (χ3n) is 4.66. The van der Waals surface area contributed by atoms with Crippen molar-refractivity contribution in [2.45, 2.75) is 37.1 Å². The molecule has 1 aromatic carbocycles. The molecule has 3 unspecified atom stereocenters. The molecule has 2 saturated carbocycles. The van der Waals surface area contributed by atoms with Crippen molar-refractivity contribution in [1.29, 1.82) is 0 Å². The van der Waals surface area contributed by atoms with E-state index >= 15 is 0 Å². The quantitative estimate of drug-likeness (QED) is 0.884. The number of amides is 1. The Morgan fingerprint density at radius 3 is 2.57 bits per heavy atom. The average Bonchev–Trinajstić information content (AvgIpc) is 3.04. The van der Waals surface area contributed by atoms with Gasteiger partial charge in [-0.2, -0.15) is 0 Å². The van der Waals surface area contributed by atoms with Gasteiger partial charge < -0.3 is 5.32 Å². The Labute approximate surface area is 125 Å².